The average Bonchev–Trinajstić information content (AvgIpc) is 2.21. The molecule has 12 N–H and O–H groups in total. The maximum Gasteiger partial charge on any atom is 0.151 e. The molecule has 12 heteroatoms. The predicted octanol–water partition coefficient (Wildman–Crippen LogP) is -3.77. The molecule has 0 aromatic rings. The molecule has 11 nitrogen and oxygen atoms in total. The van der Waals surface area contributed by atoms with Gasteiger partial charge in [-0.1, -0.05) is 0 Å². The van der Waals surface area contributed by atoms with Crippen molar-refractivity contribution in [2.45, 2.75) is 24.4 Å². The molecule has 0 saturated heterocycles. The molecule has 0 radical (unpaired) electrons. The fourth-order valence-electron chi connectivity index (χ4n) is 0.776. The van der Waals surface area contributed by atoms with Crippen LogP contribution >= 0.6 is 7.82 Å². The van der Waals surface area contributed by atoms with Gasteiger partial charge in [0.2, 0.25) is 0 Å². The van der Waals surface area contributed by atoms with Gasteiger partial charge in [-0.05, 0) is 0 Å². The molecule has 0 aliphatic carbocycles. The normalized spacial score (nSPS) is 17.7. The number of carbonyl (C=O) groups is 1. The van der Waals surface area contributed by atoms with E-state index < -0.39 is 38.8 Å². The van der Waals surface area contributed by atoms with Crippen LogP contribution < -0.4 is 22.1 Å². The number of rotatable bonds is 7. The van der Waals surface area contributed by atoms with Crippen LogP contribution in [0.4, 0.5) is 0 Å². The van der Waals surface area contributed by atoms with Crippen molar-refractivity contribution >= 4 is 14.1 Å². The maximum absolute atomic E-state index is 10.0. The molecule has 4 atom stereocenters. The zero-order chi connectivity index (χ0) is 12.9. The van der Waals surface area contributed by atoms with Crippen LogP contribution in [-0.4, -0.2) is 57.7 Å². The lowest BCUT2D eigenvalue weighted by Gasteiger charge is -2.31. The van der Waals surface area contributed by atoms with Crippen molar-refractivity contribution < 1.29 is 44.1 Å². The molecule has 0 aliphatic heterocycles. The van der Waals surface area contributed by atoms with Gasteiger partial charge < -0.3 is 56.4 Å². The van der Waals surface area contributed by atoms with Crippen LogP contribution in [-0.2, 0) is 13.9 Å². The second-order valence-corrected chi connectivity index (χ2v) is 4.07. The molecule has 0 rings (SSSR count). The number of aldehydes is 1. The summed E-state index contributed by atoms with van der Waals surface area (Å²) in [4.78, 5) is 30.0. The molecule has 0 spiro atoms. The highest BCUT2D eigenvalue weighted by Crippen LogP contribution is 2.24. The minimum absolute atomic E-state index is 0. The first-order valence-corrected chi connectivity index (χ1v) is 5.49. The van der Waals surface area contributed by atoms with E-state index in [0.717, 1.165) is 0 Å². The Morgan fingerprint density at radius 1 is 1.11 bits per heavy atom. The third-order valence-corrected chi connectivity index (χ3v) is 2.10. The summed E-state index contributed by atoms with van der Waals surface area (Å²) in [6, 6.07) is 0. The molecule has 0 aromatic carbocycles. The summed E-state index contributed by atoms with van der Waals surface area (Å²) < 4.78 is 13.6. The Labute approximate surface area is 102 Å². The zero-order valence-electron chi connectivity index (χ0n) is 9.87. The Morgan fingerprint density at radius 3 is 1.89 bits per heavy atom. The van der Waals surface area contributed by atoms with Gasteiger partial charge in [-0.2, -0.15) is 0 Å². The smallest absolute Gasteiger partial charge is 0.151 e. The highest BCUT2D eigenvalue weighted by molar-refractivity contribution is 7.43. The Kier molecular flexibility index (Phi) is 11.9. The quantitative estimate of drug-likeness (QED) is 0.199. The largest absolute Gasteiger partial charge is 0.790 e. The van der Waals surface area contributed by atoms with Crippen LogP contribution in [0.3, 0.4) is 0 Å². The van der Waals surface area contributed by atoms with Gasteiger partial charge in [0.15, 0.2) is 6.29 Å². The highest BCUT2D eigenvalue weighted by atomic mass is 31.2. The average molecular weight is 294 g/mol. The summed E-state index contributed by atoms with van der Waals surface area (Å²) in [5.41, 5.74) is 0. The van der Waals surface area contributed by atoms with Gasteiger partial charge in [0.05, 0.1) is 14.4 Å². The number of hydrogen-bond donors (Lipinski definition) is 6. The zero-order valence-corrected chi connectivity index (χ0v) is 10.8. The van der Waals surface area contributed by atoms with Crippen molar-refractivity contribution in [3.8, 4) is 0 Å². The van der Waals surface area contributed by atoms with E-state index in [0.29, 0.717) is 0 Å². The van der Waals surface area contributed by atoms with Crippen molar-refractivity contribution in [2.24, 2.45) is 0 Å². The Bertz CT molecular complexity index is 272. The summed E-state index contributed by atoms with van der Waals surface area (Å²) >= 11 is 0. The fourth-order valence-corrected chi connectivity index (χ4v) is 1.11. The van der Waals surface area contributed by atoms with Gasteiger partial charge in [0.25, 0.3) is 0 Å². The Balaban J connectivity index is -0.00000112. The Hall–Kier alpha value is -0.460. The predicted molar refractivity (Wildman–Crippen MR) is 55.6 cm³/mol. The number of phosphoric acid groups is 1. The highest BCUT2D eigenvalue weighted by Gasteiger charge is 2.30. The minimum Gasteiger partial charge on any atom is -0.790 e. The van der Waals surface area contributed by atoms with E-state index in [1.165, 1.54) is 0 Å². The number of carbonyl (C=O) groups excluding carboxylic acids is 1. The molecule has 0 saturated carbocycles. The number of quaternary nitrogens is 2. The van der Waals surface area contributed by atoms with Crippen LogP contribution in [0, 0.1) is 0 Å². The summed E-state index contributed by atoms with van der Waals surface area (Å²) in [6.07, 6.45) is -8.04. The van der Waals surface area contributed by atoms with E-state index in [1.54, 1.807) is 0 Å². The van der Waals surface area contributed by atoms with Crippen molar-refractivity contribution in [1.29, 1.82) is 0 Å². The molecule has 0 aliphatic rings. The molecule has 0 amide bonds. The number of aliphatic hydroxyl groups excluding tert-OH is 4. The second kappa shape index (κ2) is 9.47. The van der Waals surface area contributed by atoms with E-state index in [1.807, 2.05) is 0 Å². The molecule has 0 heterocycles. The minimum atomic E-state index is -5.30. The molecule has 0 fully saturated rings. The van der Waals surface area contributed by atoms with Gasteiger partial charge in [0, 0.05) is 0 Å². The van der Waals surface area contributed by atoms with Gasteiger partial charge >= 0.3 is 0 Å². The SMILES string of the molecule is O=C[C@H](O)[C@@H](O)[C@H](O)[C@H](O)COP(=O)([O-])[O-].[NH4+].[NH4+]. The maximum atomic E-state index is 10.0. The van der Waals surface area contributed by atoms with Crippen molar-refractivity contribution in [1.82, 2.24) is 12.3 Å². The lowest BCUT2D eigenvalue weighted by atomic mass is 10.0. The first-order chi connectivity index (χ1) is 7.19. The second-order valence-electron chi connectivity index (χ2n) is 2.92. The van der Waals surface area contributed by atoms with Crippen molar-refractivity contribution in [3.63, 3.8) is 0 Å². The monoisotopic (exact) mass is 294 g/mol. The molecule has 0 unspecified atom stereocenters. The summed E-state index contributed by atoms with van der Waals surface area (Å²) in [6.45, 7) is -1.09. The third kappa shape index (κ3) is 8.60. The van der Waals surface area contributed by atoms with Crippen LogP contribution in [0.1, 0.15) is 0 Å². The van der Waals surface area contributed by atoms with Crippen LogP contribution in [0.5, 0.6) is 0 Å². The van der Waals surface area contributed by atoms with E-state index >= 15 is 0 Å². The summed E-state index contributed by atoms with van der Waals surface area (Å²) in [5.74, 6) is 0. The molecular weight excluding hydrogens is 275 g/mol. The molecular formula is C6H19N2O9P. The number of phosphoric ester groups is 1. The molecule has 0 aromatic heterocycles. The lowest BCUT2D eigenvalue weighted by molar-refractivity contribution is -0.343. The molecule has 112 valence electrons. The summed E-state index contributed by atoms with van der Waals surface area (Å²) in [5, 5.41) is 35.9. The molecule has 18 heavy (non-hydrogen) atoms. The summed E-state index contributed by atoms with van der Waals surface area (Å²) in [7, 11) is -5.30. The van der Waals surface area contributed by atoms with Crippen LogP contribution in [0.2, 0.25) is 0 Å². The van der Waals surface area contributed by atoms with E-state index in [4.69, 9.17) is 20.4 Å². The van der Waals surface area contributed by atoms with Gasteiger partial charge in [-0.3, -0.25) is 0 Å². The van der Waals surface area contributed by atoms with Crippen LogP contribution in [0.25, 0.3) is 0 Å². The third-order valence-electron chi connectivity index (χ3n) is 1.64. The Morgan fingerprint density at radius 2 is 1.56 bits per heavy atom. The first kappa shape index (κ1) is 22.7. The topological polar surface area (TPSA) is 243 Å². The van der Waals surface area contributed by atoms with Crippen molar-refractivity contribution in [3.05, 3.63) is 0 Å². The van der Waals surface area contributed by atoms with Gasteiger partial charge in [-0.25, -0.2) is 0 Å². The van der Waals surface area contributed by atoms with Crippen molar-refractivity contribution in [2.75, 3.05) is 6.61 Å². The standard InChI is InChI=1S/C6H13O9P.2H3N/c7-1-3(8)5(10)6(11)4(9)2-15-16(12,13)14;;/h1,3-6,8-11H,2H2,(H2,12,13,14);2*1H3/t3-,4+,5+,6+;;/m0../s1. The van der Waals surface area contributed by atoms with Gasteiger partial charge in [-0.15, -0.1) is 0 Å². The van der Waals surface area contributed by atoms with E-state index in [9.17, 15) is 19.1 Å². The number of hydrogen-bond acceptors (Lipinski definition) is 9. The van der Waals surface area contributed by atoms with E-state index in [-0.39, 0.29) is 18.6 Å². The lowest BCUT2D eigenvalue weighted by Crippen LogP contribution is -2.46. The fraction of sp³-hybridized carbons (Fsp3) is 0.833. The number of aliphatic hydroxyl groups is 4. The van der Waals surface area contributed by atoms with Crippen LogP contribution in [0.15, 0.2) is 0 Å². The first-order valence-electron chi connectivity index (χ1n) is 4.03. The van der Waals surface area contributed by atoms with Gasteiger partial charge in [0.1, 0.15) is 24.4 Å². The molecule has 0 bridgehead atoms. The van der Waals surface area contributed by atoms with E-state index in [2.05, 4.69) is 4.52 Å².